The summed E-state index contributed by atoms with van der Waals surface area (Å²) in [6, 6.07) is 12.6. The zero-order valence-corrected chi connectivity index (χ0v) is 9.81. The number of allylic oxidation sites excluding steroid dienone is 1. The SMILES string of the molecule is CCC=Cc1coc2ccc3ccccc3c12. The monoisotopic (exact) mass is 222 g/mol. The van der Waals surface area contributed by atoms with E-state index in [2.05, 4.69) is 49.4 Å². The van der Waals surface area contributed by atoms with Gasteiger partial charge >= 0.3 is 0 Å². The molecule has 0 unspecified atom stereocenters. The fourth-order valence-corrected chi connectivity index (χ4v) is 2.20. The molecule has 0 N–H and O–H groups in total. The number of hydrogen-bond acceptors (Lipinski definition) is 1. The number of fused-ring (bicyclic) bond motifs is 3. The van der Waals surface area contributed by atoms with Gasteiger partial charge in [0.2, 0.25) is 0 Å². The first-order valence-electron chi connectivity index (χ1n) is 5.95. The van der Waals surface area contributed by atoms with E-state index in [1.807, 2.05) is 12.3 Å². The number of furan rings is 1. The molecule has 0 bridgehead atoms. The molecule has 2 aromatic carbocycles. The van der Waals surface area contributed by atoms with Crippen LogP contribution < -0.4 is 0 Å². The zero-order valence-electron chi connectivity index (χ0n) is 9.81. The highest BCUT2D eigenvalue weighted by Crippen LogP contribution is 2.30. The molecule has 1 heterocycles. The smallest absolute Gasteiger partial charge is 0.135 e. The lowest BCUT2D eigenvalue weighted by Crippen LogP contribution is -1.75. The molecule has 0 aliphatic carbocycles. The Morgan fingerprint density at radius 3 is 2.88 bits per heavy atom. The van der Waals surface area contributed by atoms with Crippen molar-refractivity contribution in [3.05, 3.63) is 54.3 Å². The van der Waals surface area contributed by atoms with E-state index in [9.17, 15) is 0 Å². The van der Waals surface area contributed by atoms with Crippen molar-refractivity contribution in [3.8, 4) is 0 Å². The molecule has 0 atom stereocenters. The van der Waals surface area contributed by atoms with Gasteiger partial charge in [0, 0.05) is 10.9 Å². The van der Waals surface area contributed by atoms with Crippen LogP contribution in [0, 0.1) is 0 Å². The summed E-state index contributed by atoms with van der Waals surface area (Å²) < 4.78 is 5.60. The molecule has 3 rings (SSSR count). The third kappa shape index (κ3) is 1.64. The number of rotatable bonds is 2. The fraction of sp³-hybridized carbons (Fsp3) is 0.125. The van der Waals surface area contributed by atoms with Gasteiger partial charge in [0.05, 0.1) is 6.26 Å². The number of hydrogen-bond donors (Lipinski definition) is 0. The highest BCUT2D eigenvalue weighted by atomic mass is 16.3. The summed E-state index contributed by atoms with van der Waals surface area (Å²) >= 11 is 0. The van der Waals surface area contributed by atoms with E-state index >= 15 is 0 Å². The molecule has 84 valence electrons. The lowest BCUT2D eigenvalue weighted by molar-refractivity contribution is 0.615. The van der Waals surface area contributed by atoms with Crippen molar-refractivity contribution < 1.29 is 4.42 Å². The Kier molecular flexibility index (Phi) is 2.45. The Labute approximate surface area is 100 Å². The van der Waals surface area contributed by atoms with E-state index in [-0.39, 0.29) is 0 Å². The lowest BCUT2D eigenvalue weighted by Gasteiger charge is -1.99. The van der Waals surface area contributed by atoms with Gasteiger partial charge in [-0.15, -0.1) is 0 Å². The first kappa shape index (κ1) is 10.2. The first-order chi connectivity index (χ1) is 8.40. The second-order valence-electron chi connectivity index (χ2n) is 4.16. The molecule has 0 amide bonds. The lowest BCUT2D eigenvalue weighted by atomic mass is 10.0. The summed E-state index contributed by atoms with van der Waals surface area (Å²) in [5, 5.41) is 3.73. The van der Waals surface area contributed by atoms with Gasteiger partial charge in [-0.3, -0.25) is 0 Å². The maximum Gasteiger partial charge on any atom is 0.135 e. The molecular weight excluding hydrogens is 208 g/mol. The standard InChI is InChI=1S/C16H14O/c1-2-3-6-13-11-17-15-10-9-12-7-4-5-8-14(12)16(13)15/h3-11H,2H2,1H3. The summed E-state index contributed by atoms with van der Waals surface area (Å²) in [6.07, 6.45) is 7.17. The molecule has 0 radical (unpaired) electrons. The molecule has 1 nitrogen and oxygen atoms in total. The number of benzene rings is 2. The first-order valence-corrected chi connectivity index (χ1v) is 5.95. The average molecular weight is 222 g/mol. The Balaban J connectivity index is 2.38. The van der Waals surface area contributed by atoms with Crippen molar-refractivity contribution in [3.63, 3.8) is 0 Å². The van der Waals surface area contributed by atoms with Crippen molar-refractivity contribution in [2.24, 2.45) is 0 Å². The summed E-state index contributed by atoms with van der Waals surface area (Å²) in [4.78, 5) is 0. The molecule has 0 saturated heterocycles. The Hall–Kier alpha value is -2.02. The van der Waals surface area contributed by atoms with E-state index in [1.165, 1.54) is 21.7 Å². The van der Waals surface area contributed by atoms with Gasteiger partial charge in [-0.05, 0) is 23.3 Å². The largest absolute Gasteiger partial charge is 0.464 e. The summed E-state index contributed by atoms with van der Waals surface area (Å²) in [7, 11) is 0. The molecule has 0 spiro atoms. The molecule has 1 aromatic heterocycles. The third-order valence-corrected chi connectivity index (χ3v) is 3.03. The third-order valence-electron chi connectivity index (χ3n) is 3.03. The van der Waals surface area contributed by atoms with E-state index in [0.717, 1.165) is 12.0 Å². The minimum absolute atomic E-state index is 0.958. The van der Waals surface area contributed by atoms with Crippen LogP contribution in [0.25, 0.3) is 27.8 Å². The van der Waals surface area contributed by atoms with Crippen molar-refractivity contribution in [2.45, 2.75) is 13.3 Å². The van der Waals surface area contributed by atoms with Gasteiger partial charge in [0.15, 0.2) is 0 Å². The van der Waals surface area contributed by atoms with Crippen LogP contribution in [0.3, 0.4) is 0 Å². The van der Waals surface area contributed by atoms with Crippen LogP contribution in [0.4, 0.5) is 0 Å². The van der Waals surface area contributed by atoms with Crippen molar-refractivity contribution >= 4 is 27.8 Å². The molecule has 17 heavy (non-hydrogen) atoms. The second-order valence-corrected chi connectivity index (χ2v) is 4.16. The predicted octanol–water partition coefficient (Wildman–Crippen LogP) is 5.01. The van der Waals surface area contributed by atoms with Crippen LogP contribution in [0.5, 0.6) is 0 Å². The Morgan fingerprint density at radius 2 is 2.00 bits per heavy atom. The Bertz CT molecular complexity index is 689. The van der Waals surface area contributed by atoms with E-state index < -0.39 is 0 Å². The van der Waals surface area contributed by atoms with Crippen molar-refractivity contribution in [1.29, 1.82) is 0 Å². The van der Waals surface area contributed by atoms with Crippen LogP contribution >= 0.6 is 0 Å². The summed E-state index contributed by atoms with van der Waals surface area (Å²) in [6.45, 7) is 2.14. The summed E-state index contributed by atoms with van der Waals surface area (Å²) in [5.74, 6) is 0. The maximum atomic E-state index is 5.60. The van der Waals surface area contributed by atoms with Gasteiger partial charge in [0.25, 0.3) is 0 Å². The van der Waals surface area contributed by atoms with Crippen LogP contribution in [0.15, 0.2) is 53.2 Å². The van der Waals surface area contributed by atoms with E-state index in [1.54, 1.807) is 0 Å². The van der Waals surface area contributed by atoms with Crippen molar-refractivity contribution in [1.82, 2.24) is 0 Å². The summed E-state index contributed by atoms with van der Waals surface area (Å²) in [5.41, 5.74) is 2.12. The molecular formula is C16H14O. The van der Waals surface area contributed by atoms with Gasteiger partial charge < -0.3 is 4.42 Å². The zero-order chi connectivity index (χ0) is 11.7. The van der Waals surface area contributed by atoms with E-state index in [0.29, 0.717) is 0 Å². The van der Waals surface area contributed by atoms with Crippen LogP contribution in [0.1, 0.15) is 18.9 Å². The second kappa shape index (κ2) is 4.10. The molecule has 3 aromatic rings. The van der Waals surface area contributed by atoms with Gasteiger partial charge in [0.1, 0.15) is 5.58 Å². The average Bonchev–Trinajstić information content (AvgIpc) is 2.80. The topological polar surface area (TPSA) is 13.1 Å². The van der Waals surface area contributed by atoms with Gasteiger partial charge in [-0.2, -0.15) is 0 Å². The van der Waals surface area contributed by atoms with Crippen molar-refractivity contribution in [2.75, 3.05) is 0 Å². The fourth-order valence-electron chi connectivity index (χ4n) is 2.20. The minimum Gasteiger partial charge on any atom is -0.464 e. The molecule has 0 aliphatic heterocycles. The molecule has 0 aliphatic rings. The normalized spacial score (nSPS) is 11.8. The van der Waals surface area contributed by atoms with E-state index in [4.69, 9.17) is 4.42 Å². The predicted molar refractivity (Wildman–Crippen MR) is 73.0 cm³/mol. The quantitative estimate of drug-likeness (QED) is 0.594. The molecule has 0 saturated carbocycles. The molecule has 1 heteroatoms. The Morgan fingerprint density at radius 1 is 1.12 bits per heavy atom. The highest BCUT2D eigenvalue weighted by molar-refractivity contribution is 6.09. The van der Waals surface area contributed by atoms with Gasteiger partial charge in [-0.25, -0.2) is 0 Å². The van der Waals surface area contributed by atoms with Crippen LogP contribution in [0.2, 0.25) is 0 Å². The van der Waals surface area contributed by atoms with Crippen LogP contribution in [-0.4, -0.2) is 0 Å². The minimum atomic E-state index is 0.958. The highest BCUT2D eigenvalue weighted by Gasteiger charge is 2.06. The molecule has 0 fully saturated rings. The maximum absolute atomic E-state index is 5.60. The van der Waals surface area contributed by atoms with Crippen LogP contribution in [-0.2, 0) is 0 Å². The van der Waals surface area contributed by atoms with Gasteiger partial charge in [-0.1, -0.05) is 49.4 Å².